The summed E-state index contributed by atoms with van der Waals surface area (Å²) in [7, 11) is 0. The van der Waals surface area contributed by atoms with Crippen LogP contribution in [0.5, 0.6) is 5.75 Å². The highest BCUT2D eigenvalue weighted by atomic mass is 16.5. The normalized spacial score (nSPS) is 23.2. The van der Waals surface area contributed by atoms with Crippen LogP contribution in [0.15, 0.2) is 18.2 Å². The number of rotatable bonds is 1. The summed E-state index contributed by atoms with van der Waals surface area (Å²) in [6.45, 7) is 5.54. The van der Waals surface area contributed by atoms with E-state index in [1.165, 1.54) is 31.2 Å². The molecule has 0 atom stereocenters. The molecule has 1 aromatic carbocycles. The lowest BCUT2D eigenvalue weighted by molar-refractivity contribution is 0.234. The Bertz CT molecular complexity index is 414. The van der Waals surface area contributed by atoms with Crippen LogP contribution in [0.3, 0.4) is 0 Å². The highest BCUT2D eigenvalue weighted by Crippen LogP contribution is 2.42. The van der Waals surface area contributed by atoms with Gasteiger partial charge in [-0.15, -0.1) is 0 Å². The molecule has 17 heavy (non-hydrogen) atoms. The first-order chi connectivity index (χ1) is 8.17. The Morgan fingerprint density at radius 1 is 1.18 bits per heavy atom. The van der Waals surface area contributed by atoms with Crippen molar-refractivity contribution in [2.75, 3.05) is 6.61 Å². The third-order valence-corrected chi connectivity index (χ3v) is 4.54. The molecule has 1 aromatic rings. The fourth-order valence-electron chi connectivity index (χ4n) is 3.27. The van der Waals surface area contributed by atoms with Crippen LogP contribution < -0.4 is 4.74 Å². The Morgan fingerprint density at radius 2 is 1.94 bits per heavy atom. The van der Waals surface area contributed by atoms with Gasteiger partial charge in [-0.2, -0.15) is 0 Å². The SMILES string of the molecule is CC1(C)CCOc2ccc(C3CCCC3)cc21. The lowest BCUT2D eigenvalue weighted by atomic mass is 9.78. The van der Waals surface area contributed by atoms with Gasteiger partial charge in [-0.3, -0.25) is 0 Å². The third-order valence-electron chi connectivity index (χ3n) is 4.54. The Labute approximate surface area is 104 Å². The zero-order chi connectivity index (χ0) is 11.9. The predicted molar refractivity (Wildman–Crippen MR) is 70.8 cm³/mol. The molecule has 0 aromatic heterocycles. The van der Waals surface area contributed by atoms with Crippen molar-refractivity contribution in [3.05, 3.63) is 29.3 Å². The van der Waals surface area contributed by atoms with Gasteiger partial charge >= 0.3 is 0 Å². The summed E-state index contributed by atoms with van der Waals surface area (Å²) >= 11 is 0. The molecule has 1 fully saturated rings. The molecule has 3 rings (SSSR count). The minimum Gasteiger partial charge on any atom is -0.493 e. The minimum absolute atomic E-state index is 0.280. The van der Waals surface area contributed by atoms with Crippen molar-refractivity contribution in [2.45, 2.75) is 57.3 Å². The van der Waals surface area contributed by atoms with Crippen molar-refractivity contribution in [3.63, 3.8) is 0 Å². The van der Waals surface area contributed by atoms with E-state index in [0.717, 1.165) is 24.7 Å². The number of hydrogen-bond acceptors (Lipinski definition) is 1. The van der Waals surface area contributed by atoms with E-state index in [1.54, 1.807) is 5.56 Å². The smallest absolute Gasteiger partial charge is 0.123 e. The lowest BCUT2D eigenvalue weighted by Crippen LogP contribution is -2.26. The number of benzene rings is 1. The van der Waals surface area contributed by atoms with Crippen molar-refractivity contribution in [1.82, 2.24) is 0 Å². The van der Waals surface area contributed by atoms with Crippen molar-refractivity contribution >= 4 is 0 Å². The van der Waals surface area contributed by atoms with E-state index in [9.17, 15) is 0 Å². The van der Waals surface area contributed by atoms with Crippen LogP contribution >= 0.6 is 0 Å². The molecule has 1 nitrogen and oxygen atoms in total. The summed E-state index contributed by atoms with van der Waals surface area (Å²) in [6, 6.07) is 6.91. The minimum atomic E-state index is 0.280. The van der Waals surface area contributed by atoms with Crippen LogP contribution in [0.25, 0.3) is 0 Å². The van der Waals surface area contributed by atoms with Crippen LogP contribution in [0.4, 0.5) is 0 Å². The summed E-state index contributed by atoms with van der Waals surface area (Å²) in [4.78, 5) is 0. The molecule has 0 spiro atoms. The second-order valence-electron chi connectivity index (χ2n) is 6.22. The monoisotopic (exact) mass is 230 g/mol. The summed E-state index contributed by atoms with van der Waals surface area (Å²) in [6.07, 6.45) is 6.69. The van der Waals surface area contributed by atoms with Gasteiger partial charge in [0.25, 0.3) is 0 Å². The predicted octanol–water partition coefficient (Wildman–Crippen LogP) is 4.40. The summed E-state index contributed by atoms with van der Waals surface area (Å²) in [5.41, 5.74) is 3.25. The van der Waals surface area contributed by atoms with Crippen LogP contribution in [0, 0.1) is 0 Å². The van der Waals surface area contributed by atoms with E-state index in [-0.39, 0.29) is 5.41 Å². The van der Waals surface area contributed by atoms with E-state index >= 15 is 0 Å². The maximum Gasteiger partial charge on any atom is 0.123 e. The fourth-order valence-corrected chi connectivity index (χ4v) is 3.27. The molecule has 1 heteroatoms. The van der Waals surface area contributed by atoms with Crippen molar-refractivity contribution < 1.29 is 4.74 Å². The highest BCUT2D eigenvalue weighted by Gasteiger charge is 2.29. The third kappa shape index (κ3) is 1.96. The maximum atomic E-state index is 5.78. The topological polar surface area (TPSA) is 9.23 Å². The standard InChI is InChI=1S/C16H22O/c1-16(2)9-10-17-15-8-7-13(11-14(15)16)12-5-3-4-6-12/h7-8,11-12H,3-6,9-10H2,1-2H3. The average molecular weight is 230 g/mol. The molecular weight excluding hydrogens is 208 g/mol. The van der Waals surface area contributed by atoms with Crippen LogP contribution in [0.2, 0.25) is 0 Å². The lowest BCUT2D eigenvalue weighted by Gasteiger charge is -2.33. The fraction of sp³-hybridized carbons (Fsp3) is 0.625. The summed E-state index contributed by atoms with van der Waals surface area (Å²) in [5.74, 6) is 1.92. The van der Waals surface area contributed by atoms with E-state index in [4.69, 9.17) is 4.74 Å². The molecule has 0 N–H and O–H groups in total. The number of ether oxygens (including phenoxy) is 1. The van der Waals surface area contributed by atoms with Crippen molar-refractivity contribution in [2.24, 2.45) is 0 Å². The van der Waals surface area contributed by atoms with Gasteiger partial charge in [-0.05, 0) is 42.2 Å². The molecule has 1 heterocycles. The van der Waals surface area contributed by atoms with Gasteiger partial charge in [0.2, 0.25) is 0 Å². The van der Waals surface area contributed by atoms with Gasteiger partial charge in [0.1, 0.15) is 5.75 Å². The molecule has 1 aliphatic heterocycles. The Balaban J connectivity index is 1.98. The zero-order valence-corrected chi connectivity index (χ0v) is 11.0. The number of fused-ring (bicyclic) bond motifs is 1. The molecule has 0 bridgehead atoms. The van der Waals surface area contributed by atoms with E-state index in [1.807, 2.05) is 0 Å². The largest absolute Gasteiger partial charge is 0.493 e. The van der Waals surface area contributed by atoms with Crippen LogP contribution in [-0.4, -0.2) is 6.61 Å². The van der Waals surface area contributed by atoms with Gasteiger partial charge in [0, 0.05) is 5.56 Å². The maximum absolute atomic E-state index is 5.78. The van der Waals surface area contributed by atoms with Gasteiger partial charge < -0.3 is 4.74 Å². The van der Waals surface area contributed by atoms with E-state index in [0.29, 0.717) is 0 Å². The zero-order valence-electron chi connectivity index (χ0n) is 11.0. The first kappa shape index (κ1) is 11.1. The second kappa shape index (κ2) is 4.04. The average Bonchev–Trinajstić information content (AvgIpc) is 2.82. The highest BCUT2D eigenvalue weighted by molar-refractivity contribution is 5.44. The molecule has 1 aliphatic carbocycles. The van der Waals surface area contributed by atoms with Crippen molar-refractivity contribution in [1.29, 1.82) is 0 Å². The quantitative estimate of drug-likeness (QED) is 0.694. The van der Waals surface area contributed by atoms with Crippen LogP contribution in [-0.2, 0) is 5.41 Å². The Kier molecular flexibility index (Phi) is 2.65. The molecule has 92 valence electrons. The molecule has 0 unspecified atom stereocenters. The molecule has 2 aliphatic rings. The molecule has 0 saturated heterocycles. The summed E-state index contributed by atoms with van der Waals surface area (Å²) in [5, 5.41) is 0. The second-order valence-corrected chi connectivity index (χ2v) is 6.22. The molecule has 0 amide bonds. The first-order valence-electron chi connectivity index (χ1n) is 6.94. The van der Waals surface area contributed by atoms with Crippen molar-refractivity contribution in [3.8, 4) is 5.75 Å². The van der Waals surface area contributed by atoms with Gasteiger partial charge in [-0.1, -0.05) is 38.8 Å². The molecule has 1 saturated carbocycles. The number of hydrogen-bond donors (Lipinski definition) is 0. The van der Waals surface area contributed by atoms with Gasteiger partial charge in [0.05, 0.1) is 6.61 Å². The van der Waals surface area contributed by atoms with E-state index < -0.39 is 0 Å². The molecule has 0 radical (unpaired) electrons. The van der Waals surface area contributed by atoms with Crippen LogP contribution in [0.1, 0.15) is 63.0 Å². The summed E-state index contributed by atoms with van der Waals surface area (Å²) < 4.78 is 5.78. The van der Waals surface area contributed by atoms with Gasteiger partial charge in [0.15, 0.2) is 0 Å². The molecular formula is C16H22O. The van der Waals surface area contributed by atoms with Gasteiger partial charge in [-0.25, -0.2) is 0 Å². The first-order valence-corrected chi connectivity index (χ1v) is 6.94. The van der Waals surface area contributed by atoms with E-state index in [2.05, 4.69) is 32.0 Å². The Hall–Kier alpha value is -0.980. The Morgan fingerprint density at radius 3 is 2.71 bits per heavy atom.